The van der Waals surface area contributed by atoms with Crippen LogP contribution in [-0.4, -0.2) is 11.0 Å². The lowest BCUT2D eigenvalue weighted by molar-refractivity contribution is 0.318. The minimum Gasteiger partial charge on any atom is -0.456 e. The highest BCUT2D eigenvalue weighted by Gasteiger charge is 2.09. The molecule has 0 saturated carbocycles. The quantitative estimate of drug-likeness (QED) is 0.386. The third-order valence-corrected chi connectivity index (χ3v) is 3.26. The smallest absolute Gasteiger partial charge is 0.171 e. The molecule has 3 N–H and O–H groups in total. The summed E-state index contributed by atoms with van der Waals surface area (Å²) >= 11 is 12.1. The van der Waals surface area contributed by atoms with E-state index in [2.05, 4.69) is 5.16 Å². The van der Waals surface area contributed by atoms with Gasteiger partial charge in [0.2, 0.25) is 0 Å². The number of hydrogen-bond acceptors (Lipinski definition) is 3. The lowest BCUT2D eigenvalue weighted by atomic mass is 10.2. The van der Waals surface area contributed by atoms with Gasteiger partial charge in [0, 0.05) is 11.6 Å². The van der Waals surface area contributed by atoms with Crippen molar-refractivity contribution < 1.29 is 9.94 Å². The van der Waals surface area contributed by atoms with Gasteiger partial charge < -0.3 is 15.7 Å². The van der Waals surface area contributed by atoms with E-state index in [1.807, 2.05) is 19.1 Å². The third kappa shape index (κ3) is 3.15. The highest BCUT2D eigenvalue weighted by Crippen LogP contribution is 2.32. The first-order chi connectivity index (χ1) is 9.51. The van der Waals surface area contributed by atoms with E-state index >= 15 is 0 Å². The zero-order valence-electron chi connectivity index (χ0n) is 10.6. The van der Waals surface area contributed by atoms with Crippen LogP contribution in [0.1, 0.15) is 11.1 Å². The van der Waals surface area contributed by atoms with Crippen molar-refractivity contribution in [3.63, 3.8) is 0 Å². The van der Waals surface area contributed by atoms with E-state index < -0.39 is 0 Å². The van der Waals surface area contributed by atoms with E-state index in [-0.39, 0.29) is 5.84 Å². The molecule has 0 heterocycles. The van der Waals surface area contributed by atoms with E-state index in [4.69, 9.17) is 38.9 Å². The molecule has 2 aromatic carbocycles. The molecular weight excluding hydrogens is 299 g/mol. The molecule has 0 amide bonds. The first-order valence-electron chi connectivity index (χ1n) is 5.72. The Morgan fingerprint density at radius 1 is 1.15 bits per heavy atom. The van der Waals surface area contributed by atoms with E-state index in [1.165, 1.54) is 0 Å². The number of nitrogens with two attached hydrogens (primary N) is 1. The van der Waals surface area contributed by atoms with Gasteiger partial charge in [0.25, 0.3) is 0 Å². The first kappa shape index (κ1) is 14.5. The minimum absolute atomic E-state index is 0.0601. The molecule has 0 saturated heterocycles. The average molecular weight is 311 g/mol. The van der Waals surface area contributed by atoms with Crippen molar-refractivity contribution in [1.29, 1.82) is 0 Å². The van der Waals surface area contributed by atoms with Crippen molar-refractivity contribution >= 4 is 29.0 Å². The Labute approximate surface area is 126 Å². The lowest BCUT2D eigenvalue weighted by Gasteiger charge is -2.10. The van der Waals surface area contributed by atoms with Crippen molar-refractivity contribution in [2.45, 2.75) is 6.92 Å². The SMILES string of the molecule is Cc1ccc(Cl)c(Oc2ccc(C(N)=NO)c(Cl)c2)c1. The van der Waals surface area contributed by atoms with Crippen LogP contribution in [0.4, 0.5) is 0 Å². The third-order valence-electron chi connectivity index (χ3n) is 2.64. The van der Waals surface area contributed by atoms with Gasteiger partial charge in [-0.2, -0.15) is 0 Å². The Morgan fingerprint density at radius 2 is 1.90 bits per heavy atom. The number of amidine groups is 1. The van der Waals surface area contributed by atoms with Crippen LogP contribution in [0.2, 0.25) is 10.0 Å². The van der Waals surface area contributed by atoms with Gasteiger partial charge in [-0.3, -0.25) is 0 Å². The number of ether oxygens (including phenoxy) is 1. The summed E-state index contributed by atoms with van der Waals surface area (Å²) in [4.78, 5) is 0. The van der Waals surface area contributed by atoms with Crippen LogP contribution in [0.25, 0.3) is 0 Å². The Balaban J connectivity index is 2.31. The molecule has 0 spiro atoms. The largest absolute Gasteiger partial charge is 0.456 e. The molecular formula is C14H12Cl2N2O2. The summed E-state index contributed by atoms with van der Waals surface area (Å²) in [5.41, 5.74) is 6.95. The summed E-state index contributed by atoms with van der Waals surface area (Å²) in [5, 5.41) is 12.4. The zero-order valence-corrected chi connectivity index (χ0v) is 12.1. The number of halogens is 2. The molecule has 0 unspecified atom stereocenters. The summed E-state index contributed by atoms with van der Waals surface area (Å²) in [6, 6.07) is 10.3. The standard InChI is InChI=1S/C14H12Cl2N2O2/c1-8-2-5-11(15)13(6-8)20-9-3-4-10(12(16)7-9)14(17)18-19/h2-7,19H,1H3,(H2,17,18). The van der Waals surface area contributed by atoms with Gasteiger partial charge in [-0.1, -0.05) is 34.4 Å². The molecule has 20 heavy (non-hydrogen) atoms. The van der Waals surface area contributed by atoms with Crippen LogP contribution >= 0.6 is 23.2 Å². The van der Waals surface area contributed by atoms with Gasteiger partial charge in [0.05, 0.1) is 10.0 Å². The van der Waals surface area contributed by atoms with Crippen LogP contribution in [0.3, 0.4) is 0 Å². The molecule has 6 heteroatoms. The molecule has 0 bridgehead atoms. The summed E-state index contributed by atoms with van der Waals surface area (Å²) in [6.45, 7) is 1.94. The van der Waals surface area contributed by atoms with Crippen molar-refractivity contribution in [2.24, 2.45) is 10.9 Å². The fourth-order valence-corrected chi connectivity index (χ4v) is 2.06. The lowest BCUT2D eigenvalue weighted by Crippen LogP contribution is -2.13. The predicted octanol–water partition coefficient (Wildman–Crippen LogP) is 4.19. The predicted molar refractivity (Wildman–Crippen MR) is 80.2 cm³/mol. The fourth-order valence-electron chi connectivity index (χ4n) is 1.64. The van der Waals surface area contributed by atoms with Crippen molar-refractivity contribution in [2.75, 3.05) is 0 Å². The monoisotopic (exact) mass is 310 g/mol. The molecule has 0 aromatic heterocycles. The fraction of sp³-hybridized carbons (Fsp3) is 0.0714. The molecule has 104 valence electrons. The second-order valence-electron chi connectivity index (χ2n) is 4.16. The van der Waals surface area contributed by atoms with E-state index in [1.54, 1.807) is 24.3 Å². The number of aryl methyl sites for hydroxylation is 1. The first-order valence-corrected chi connectivity index (χ1v) is 6.48. The maximum Gasteiger partial charge on any atom is 0.171 e. The van der Waals surface area contributed by atoms with Gasteiger partial charge in [0.15, 0.2) is 5.84 Å². The van der Waals surface area contributed by atoms with Crippen LogP contribution in [0.5, 0.6) is 11.5 Å². The Kier molecular flexibility index (Phi) is 4.37. The van der Waals surface area contributed by atoms with E-state index in [0.717, 1.165) is 5.56 Å². The van der Waals surface area contributed by atoms with Gasteiger partial charge in [-0.25, -0.2) is 0 Å². The summed E-state index contributed by atoms with van der Waals surface area (Å²) in [7, 11) is 0. The highest BCUT2D eigenvalue weighted by atomic mass is 35.5. The molecule has 2 rings (SSSR count). The van der Waals surface area contributed by atoms with Gasteiger partial charge in [0.1, 0.15) is 11.5 Å². The van der Waals surface area contributed by atoms with Crippen molar-refractivity contribution in [3.8, 4) is 11.5 Å². The van der Waals surface area contributed by atoms with Crippen LogP contribution in [-0.2, 0) is 0 Å². The molecule has 4 nitrogen and oxygen atoms in total. The highest BCUT2D eigenvalue weighted by molar-refractivity contribution is 6.34. The molecule has 0 aliphatic carbocycles. The summed E-state index contributed by atoms with van der Waals surface area (Å²) in [6.07, 6.45) is 0. The van der Waals surface area contributed by atoms with Crippen LogP contribution in [0.15, 0.2) is 41.6 Å². The molecule has 2 aromatic rings. The molecule has 0 radical (unpaired) electrons. The normalized spacial score (nSPS) is 11.4. The topological polar surface area (TPSA) is 67.8 Å². The second kappa shape index (κ2) is 6.03. The second-order valence-corrected chi connectivity index (χ2v) is 4.98. The van der Waals surface area contributed by atoms with Crippen molar-refractivity contribution in [3.05, 3.63) is 57.6 Å². The Bertz CT molecular complexity index is 672. The number of rotatable bonds is 3. The molecule has 0 aliphatic rings. The van der Waals surface area contributed by atoms with Crippen molar-refractivity contribution in [1.82, 2.24) is 0 Å². The van der Waals surface area contributed by atoms with E-state index in [0.29, 0.717) is 27.1 Å². The zero-order chi connectivity index (χ0) is 14.7. The Hall–Kier alpha value is -1.91. The maximum atomic E-state index is 8.64. The van der Waals surface area contributed by atoms with Gasteiger partial charge in [-0.15, -0.1) is 0 Å². The number of benzene rings is 2. The molecule has 0 atom stereocenters. The van der Waals surface area contributed by atoms with Gasteiger partial charge in [-0.05, 0) is 36.8 Å². The van der Waals surface area contributed by atoms with Crippen LogP contribution in [0, 0.1) is 6.92 Å². The molecule has 0 fully saturated rings. The van der Waals surface area contributed by atoms with Gasteiger partial charge >= 0.3 is 0 Å². The number of nitrogens with zero attached hydrogens (tertiary/aromatic N) is 1. The minimum atomic E-state index is -0.0601. The summed E-state index contributed by atoms with van der Waals surface area (Å²) in [5.74, 6) is 0.992. The Morgan fingerprint density at radius 3 is 2.55 bits per heavy atom. The van der Waals surface area contributed by atoms with E-state index in [9.17, 15) is 0 Å². The molecule has 0 aliphatic heterocycles. The number of hydrogen-bond donors (Lipinski definition) is 2. The van der Waals surface area contributed by atoms with Crippen LogP contribution < -0.4 is 10.5 Å². The maximum absolute atomic E-state index is 8.64. The summed E-state index contributed by atoms with van der Waals surface area (Å²) < 4.78 is 5.68. The average Bonchev–Trinajstić information content (AvgIpc) is 2.42. The number of oxime groups is 1.